The van der Waals surface area contributed by atoms with Gasteiger partial charge in [-0.1, -0.05) is 0 Å². The van der Waals surface area contributed by atoms with Crippen molar-refractivity contribution in [1.29, 1.82) is 0 Å². The van der Waals surface area contributed by atoms with Crippen LogP contribution in [0.4, 0.5) is 0 Å². The van der Waals surface area contributed by atoms with Gasteiger partial charge >= 0.3 is 5.69 Å². The van der Waals surface area contributed by atoms with Crippen molar-refractivity contribution in [2.24, 2.45) is 5.10 Å². The van der Waals surface area contributed by atoms with E-state index in [1.165, 1.54) is 13.3 Å². The van der Waals surface area contributed by atoms with Crippen LogP contribution in [0.25, 0.3) is 0 Å². The number of aromatic amines is 2. The van der Waals surface area contributed by atoms with Crippen LogP contribution >= 0.6 is 15.9 Å². The van der Waals surface area contributed by atoms with E-state index in [-0.39, 0.29) is 30.0 Å². The van der Waals surface area contributed by atoms with Crippen LogP contribution in [-0.4, -0.2) is 39.5 Å². The molecule has 132 valence electrons. The zero-order chi connectivity index (χ0) is 18.4. The predicted molar refractivity (Wildman–Crippen MR) is 91.9 cm³/mol. The van der Waals surface area contributed by atoms with E-state index in [4.69, 9.17) is 4.74 Å². The first-order valence-corrected chi connectivity index (χ1v) is 7.76. The lowest BCUT2D eigenvalue weighted by Crippen LogP contribution is -2.28. The van der Waals surface area contributed by atoms with E-state index in [9.17, 15) is 19.5 Å². The maximum atomic E-state index is 11.7. The minimum atomic E-state index is -0.710. The number of H-pyrrole nitrogens is 2. The monoisotopic (exact) mass is 411 g/mol. The molecule has 0 spiro atoms. The van der Waals surface area contributed by atoms with Gasteiger partial charge in [0.2, 0.25) is 5.91 Å². The van der Waals surface area contributed by atoms with Crippen LogP contribution < -0.4 is 21.4 Å². The highest BCUT2D eigenvalue weighted by Crippen LogP contribution is 2.34. The maximum absolute atomic E-state index is 11.7. The second-order valence-electron chi connectivity index (χ2n) is 4.80. The summed E-state index contributed by atoms with van der Waals surface area (Å²) in [6.07, 6.45) is 1.38. The number of hydrogen-bond acceptors (Lipinski definition) is 7. The minimum absolute atomic E-state index is 0.0395. The number of carbonyl (C=O) groups is 1. The van der Waals surface area contributed by atoms with Crippen LogP contribution in [0, 0.1) is 0 Å². The average molecular weight is 412 g/mol. The second-order valence-corrected chi connectivity index (χ2v) is 5.65. The summed E-state index contributed by atoms with van der Waals surface area (Å²) >= 11 is 3.18. The van der Waals surface area contributed by atoms with Gasteiger partial charge in [0.1, 0.15) is 5.69 Å². The molecule has 10 nitrogen and oxygen atoms in total. The Balaban J connectivity index is 1.93. The van der Waals surface area contributed by atoms with E-state index in [0.717, 1.165) is 0 Å². The Morgan fingerprint density at radius 3 is 2.92 bits per heavy atom. The lowest BCUT2D eigenvalue weighted by atomic mass is 10.2. The van der Waals surface area contributed by atoms with Gasteiger partial charge in [0, 0.05) is 12.8 Å². The number of amides is 1. The fourth-order valence-corrected chi connectivity index (χ4v) is 2.29. The molecule has 2 rings (SSSR count). The Labute approximate surface area is 149 Å². The number of phenolic OH excluding ortho intramolecular Hbond substituents is 1. The molecule has 0 saturated carbocycles. The second kappa shape index (κ2) is 8.24. The molecule has 0 saturated heterocycles. The highest BCUT2D eigenvalue weighted by molar-refractivity contribution is 9.10. The molecular formula is C14H14BrN5O5. The summed E-state index contributed by atoms with van der Waals surface area (Å²) in [6, 6.07) is 3.14. The summed E-state index contributed by atoms with van der Waals surface area (Å²) < 4.78 is 5.43. The number of nitrogens with zero attached hydrogens (tertiary/aromatic N) is 2. The highest BCUT2D eigenvalue weighted by Gasteiger charge is 2.08. The Hall–Kier alpha value is -2.95. The van der Waals surface area contributed by atoms with Crippen molar-refractivity contribution in [2.75, 3.05) is 7.11 Å². The summed E-state index contributed by atoms with van der Waals surface area (Å²) in [7, 11) is 1.41. The van der Waals surface area contributed by atoms with Gasteiger partial charge in [-0.05, 0) is 33.6 Å². The number of methoxy groups -OCH3 is 1. The number of nitrogens with one attached hydrogen (secondary N) is 3. The summed E-state index contributed by atoms with van der Waals surface area (Å²) in [5.74, 6) is -0.221. The van der Waals surface area contributed by atoms with Crippen LogP contribution in [0.5, 0.6) is 11.5 Å². The third-order valence-corrected chi connectivity index (χ3v) is 3.65. The van der Waals surface area contributed by atoms with Crippen molar-refractivity contribution in [3.63, 3.8) is 0 Å². The van der Waals surface area contributed by atoms with Gasteiger partial charge in [-0.25, -0.2) is 15.3 Å². The number of aromatic nitrogens is 3. The molecule has 0 aliphatic carbocycles. The maximum Gasteiger partial charge on any atom is 0.342 e. The standard InChI is InChI=1S/C14H14BrN5O5/c1-25-10-5-7(4-8(15)12(10)22)6-16-19-11(21)3-2-9-13(23)17-14(24)20-18-9/h4-6,22H,2-3H2,1H3,(H,19,21)(H2,17,20,23,24). The third kappa shape index (κ3) is 5.01. The van der Waals surface area contributed by atoms with Gasteiger partial charge in [0.25, 0.3) is 5.56 Å². The molecule has 11 heteroatoms. The third-order valence-electron chi connectivity index (χ3n) is 3.04. The van der Waals surface area contributed by atoms with Gasteiger partial charge in [-0.2, -0.15) is 10.2 Å². The number of rotatable bonds is 6. The molecule has 0 aliphatic rings. The predicted octanol–water partition coefficient (Wildman–Crippen LogP) is 0.0178. The number of phenols is 1. The smallest absolute Gasteiger partial charge is 0.342 e. The molecule has 1 heterocycles. The highest BCUT2D eigenvalue weighted by atomic mass is 79.9. The van der Waals surface area contributed by atoms with Gasteiger partial charge in [-0.15, -0.1) is 0 Å². The lowest BCUT2D eigenvalue weighted by molar-refractivity contribution is -0.121. The molecule has 0 fully saturated rings. The molecule has 1 amide bonds. The Morgan fingerprint density at radius 2 is 2.24 bits per heavy atom. The first kappa shape index (κ1) is 18.4. The van der Waals surface area contributed by atoms with E-state index in [0.29, 0.717) is 10.0 Å². The Kier molecular flexibility index (Phi) is 6.06. The summed E-state index contributed by atoms with van der Waals surface area (Å²) in [4.78, 5) is 36.0. The van der Waals surface area contributed by atoms with Crippen LogP contribution in [0.1, 0.15) is 17.7 Å². The molecule has 0 atom stereocenters. The van der Waals surface area contributed by atoms with Crippen LogP contribution in [0.15, 0.2) is 31.3 Å². The SMILES string of the molecule is COc1cc(C=NNC(=O)CCc2n[nH]c(=O)[nH]c2=O)cc(Br)c1O. The number of carbonyl (C=O) groups excluding carboxylic acids is 1. The summed E-state index contributed by atoms with van der Waals surface area (Å²) in [6.45, 7) is 0. The molecule has 0 aliphatic heterocycles. The number of aryl methyl sites for hydroxylation is 1. The minimum Gasteiger partial charge on any atom is -0.503 e. The molecular weight excluding hydrogens is 398 g/mol. The first-order valence-electron chi connectivity index (χ1n) is 6.97. The van der Waals surface area contributed by atoms with Crippen molar-refractivity contribution in [1.82, 2.24) is 20.6 Å². The van der Waals surface area contributed by atoms with E-state index >= 15 is 0 Å². The van der Waals surface area contributed by atoms with Crippen molar-refractivity contribution < 1.29 is 14.6 Å². The van der Waals surface area contributed by atoms with Crippen LogP contribution in [-0.2, 0) is 11.2 Å². The molecule has 4 N–H and O–H groups in total. The summed E-state index contributed by atoms with van der Waals surface area (Å²) in [5, 5.41) is 19.2. The Morgan fingerprint density at radius 1 is 1.48 bits per heavy atom. The molecule has 1 aromatic carbocycles. The number of hydrogen-bond donors (Lipinski definition) is 4. The van der Waals surface area contributed by atoms with E-state index in [1.807, 2.05) is 4.98 Å². The Bertz CT molecular complexity index is 921. The number of ether oxygens (including phenoxy) is 1. The zero-order valence-electron chi connectivity index (χ0n) is 13.0. The quantitative estimate of drug-likeness (QED) is 0.388. The van der Waals surface area contributed by atoms with Crippen molar-refractivity contribution >= 4 is 28.1 Å². The number of benzene rings is 1. The lowest BCUT2D eigenvalue weighted by Gasteiger charge is -2.06. The van der Waals surface area contributed by atoms with Gasteiger partial charge < -0.3 is 9.84 Å². The molecule has 2 aromatic rings. The topological polar surface area (TPSA) is 150 Å². The van der Waals surface area contributed by atoms with Crippen LogP contribution in [0.3, 0.4) is 0 Å². The van der Waals surface area contributed by atoms with Crippen molar-refractivity contribution in [3.8, 4) is 11.5 Å². The number of aromatic hydroxyl groups is 1. The number of hydrazone groups is 1. The molecule has 25 heavy (non-hydrogen) atoms. The largest absolute Gasteiger partial charge is 0.503 e. The fourth-order valence-electron chi connectivity index (χ4n) is 1.83. The normalized spacial score (nSPS) is 10.8. The molecule has 0 unspecified atom stereocenters. The zero-order valence-corrected chi connectivity index (χ0v) is 14.6. The molecule has 0 radical (unpaired) electrons. The molecule has 0 bridgehead atoms. The van der Waals surface area contributed by atoms with E-state index in [2.05, 4.69) is 36.7 Å². The van der Waals surface area contributed by atoms with Crippen LogP contribution in [0.2, 0.25) is 0 Å². The van der Waals surface area contributed by atoms with Gasteiger partial charge in [0.05, 0.1) is 17.8 Å². The van der Waals surface area contributed by atoms with Gasteiger partial charge in [0.15, 0.2) is 11.5 Å². The van der Waals surface area contributed by atoms with Crippen molar-refractivity contribution in [2.45, 2.75) is 12.8 Å². The number of halogens is 1. The molecule has 1 aromatic heterocycles. The van der Waals surface area contributed by atoms with E-state index < -0.39 is 17.2 Å². The summed E-state index contributed by atoms with van der Waals surface area (Å²) in [5.41, 5.74) is 1.59. The fraction of sp³-hybridized carbons (Fsp3) is 0.214. The average Bonchev–Trinajstić information content (AvgIpc) is 2.57. The first-order chi connectivity index (χ1) is 11.9. The van der Waals surface area contributed by atoms with E-state index in [1.54, 1.807) is 12.1 Å². The van der Waals surface area contributed by atoms with Gasteiger partial charge in [-0.3, -0.25) is 14.6 Å². The van der Waals surface area contributed by atoms with Crippen molar-refractivity contribution in [3.05, 3.63) is 48.7 Å².